The fraction of sp³-hybridized carbons (Fsp3) is 0. The molecular weight excluding hydrogens is 474 g/mol. The minimum Gasteiger partial charge on any atom is -0.320 e. The first-order chi connectivity index (χ1) is 14.3. The number of nitrogens with one attached hydrogen (secondary N) is 2. The zero-order valence-electron chi connectivity index (χ0n) is 14.8. The van der Waals surface area contributed by atoms with Crippen LogP contribution in [0.1, 0.15) is 31.8 Å². The number of hydrogen-bond acceptors (Lipinski definition) is 4. The first kappa shape index (κ1) is 22.1. The fourth-order valence-corrected chi connectivity index (χ4v) is 3.19. The van der Waals surface area contributed by atoms with E-state index in [1.54, 1.807) is 12.1 Å². The van der Waals surface area contributed by atoms with Crippen LogP contribution in [0.3, 0.4) is 0 Å². The Morgan fingerprint density at radius 3 is 1.40 bits per heavy atom. The van der Waals surface area contributed by atoms with Gasteiger partial charge in [-0.15, -0.1) is 0 Å². The molecule has 0 spiro atoms. The van der Waals surface area contributed by atoms with E-state index < -0.39 is 23.4 Å². The second kappa shape index (κ2) is 9.02. The molecule has 2 aromatic carbocycles. The number of ketones is 2. The molecule has 1 aliphatic carbocycles. The second-order valence-corrected chi connectivity index (χ2v) is 7.19. The predicted molar refractivity (Wildman–Crippen MR) is 117 cm³/mol. The van der Waals surface area contributed by atoms with Gasteiger partial charge in [0.2, 0.25) is 0 Å². The van der Waals surface area contributed by atoms with Crippen LogP contribution in [-0.2, 0) is 9.59 Å². The molecule has 2 aromatic rings. The molecule has 2 amide bonds. The van der Waals surface area contributed by atoms with Crippen LogP contribution in [0.5, 0.6) is 0 Å². The van der Waals surface area contributed by atoms with E-state index in [0.717, 1.165) is 11.1 Å². The first-order valence-corrected chi connectivity index (χ1v) is 9.83. The summed E-state index contributed by atoms with van der Waals surface area (Å²) in [4.78, 5) is 50.7. The summed E-state index contributed by atoms with van der Waals surface area (Å²) >= 11 is 22.3. The van der Waals surface area contributed by atoms with Crippen molar-refractivity contribution >= 4 is 81.2 Å². The van der Waals surface area contributed by atoms with Crippen LogP contribution in [0.25, 0.3) is 0 Å². The normalized spacial score (nSPS) is 13.5. The highest BCUT2D eigenvalue weighted by atomic mass is 35.5. The maximum absolute atomic E-state index is 13.2. The Bertz CT molecular complexity index is 1080. The lowest BCUT2D eigenvalue weighted by molar-refractivity contribution is -0.113. The van der Waals surface area contributed by atoms with Crippen molar-refractivity contribution in [3.05, 3.63) is 79.8 Å². The van der Waals surface area contributed by atoms with Crippen molar-refractivity contribution in [2.45, 2.75) is 0 Å². The van der Waals surface area contributed by atoms with Gasteiger partial charge in [0.1, 0.15) is 10.1 Å². The SMILES string of the molecule is O=C(Nc1ccc(NC(=O)/C(Cl)=C\Cl)c2c1C(=O)c1ccccc1C2=O)/C(Cl)=C/Cl. The van der Waals surface area contributed by atoms with Crippen molar-refractivity contribution in [1.29, 1.82) is 0 Å². The van der Waals surface area contributed by atoms with Gasteiger partial charge in [0.15, 0.2) is 11.6 Å². The number of carbonyl (C=O) groups excluding carboxylic acids is 4. The minimum absolute atomic E-state index is 0.0245. The molecule has 6 nitrogen and oxygen atoms in total. The number of amides is 2. The molecule has 10 heteroatoms. The zero-order chi connectivity index (χ0) is 22.0. The Morgan fingerprint density at radius 1 is 0.700 bits per heavy atom. The van der Waals surface area contributed by atoms with Crippen LogP contribution in [0.2, 0.25) is 0 Å². The largest absolute Gasteiger partial charge is 0.320 e. The smallest absolute Gasteiger partial charge is 0.268 e. The maximum Gasteiger partial charge on any atom is 0.268 e. The van der Waals surface area contributed by atoms with Gasteiger partial charge >= 0.3 is 0 Å². The van der Waals surface area contributed by atoms with E-state index >= 15 is 0 Å². The zero-order valence-corrected chi connectivity index (χ0v) is 17.8. The van der Waals surface area contributed by atoms with Crippen LogP contribution in [0.15, 0.2) is 57.5 Å². The van der Waals surface area contributed by atoms with E-state index in [1.807, 2.05) is 0 Å². The summed E-state index contributed by atoms with van der Waals surface area (Å²) in [6.07, 6.45) is 0. The molecule has 1 aliphatic rings. The van der Waals surface area contributed by atoms with Crippen LogP contribution < -0.4 is 10.6 Å². The molecule has 0 bridgehead atoms. The Labute approximate surface area is 190 Å². The molecule has 2 N–H and O–H groups in total. The molecule has 30 heavy (non-hydrogen) atoms. The van der Waals surface area contributed by atoms with Crippen LogP contribution in [-0.4, -0.2) is 23.4 Å². The Morgan fingerprint density at radius 2 is 1.07 bits per heavy atom. The molecule has 0 saturated heterocycles. The van der Waals surface area contributed by atoms with E-state index in [-0.39, 0.29) is 43.7 Å². The highest BCUT2D eigenvalue weighted by Gasteiger charge is 2.34. The molecule has 0 aliphatic heterocycles. The van der Waals surface area contributed by atoms with Crippen molar-refractivity contribution in [2.24, 2.45) is 0 Å². The van der Waals surface area contributed by atoms with Gasteiger partial charge in [-0.2, -0.15) is 0 Å². The molecule has 0 fully saturated rings. The Hall–Kier alpha value is -2.64. The van der Waals surface area contributed by atoms with Crippen molar-refractivity contribution < 1.29 is 19.2 Å². The number of benzene rings is 2. The molecule has 0 saturated carbocycles. The highest BCUT2D eigenvalue weighted by molar-refractivity contribution is 6.48. The van der Waals surface area contributed by atoms with Gasteiger partial charge in [-0.1, -0.05) is 70.7 Å². The van der Waals surface area contributed by atoms with Crippen LogP contribution in [0, 0.1) is 0 Å². The number of hydrogen-bond donors (Lipinski definition) is 2. The summed E-state index contributed by atoms with van der Waals surface area (Å²) in [5.41, 5.74) is 1.89. The monoisotopic (exact) mass is 482 g/mol. The summed E-state index contributed by atoms with van der Waals surface area (Å²) in [5.74, 6) is -2.59. The van der Waals surface area contributed by atoms with Crippen LogP contribution in [0.4, 0.5) is 11.4 Å². The Kier molecular flexibility index (Phi) is 6.63. The first-order valence-electron chi connectivity index (χ1n) is 8.20. The molecule has 0 atom stereocenters. The summed E-state index contributed by atoms with van der Waals surface area (Å²) in [7, 11) is 0. The van der Waals surface area contributed by atoms with E-state index in [0.29, 0.717) is 0 Å². The van der Waals surface area contributed by atoms with E-state index in [2.05, 4.69) is 10.6 Å². The minimum atomic E-state index is -0.780. The van der Waals surface area contributed by atoms with Crippen molar-refractivity contribution in [3.8, 4) is 0 Å². The quantitative estimate of drug-likeness (QED) is 0.512. The maximum atomic E-state index is 13.2. The van der Waals surface area contributed by atoms with Gasteiger partial charge in [0, 0.05) is 22.2 Å². The highest BCUT2D eigenvalue weighted by Crippen LogP contribution is 2.37. The third-order valence-corrected chi connectivity index (χ3v) is 5.42. The number of fused-ring (bicyclic) bond motifs is 2. The predicted octanol–water partition coefficient (Wildman–Crippen LogP) is 4.98. The van der Waals surface area contributed by atoms with Gasteiger partial charge in [0.25, 0.3) is 11.8 Å². The summed E-state index contributed by atoms with van der Waals surface area (Å²) < 4.78 is 0. The standard InChI is InChI=1S/C20H10Cl4N2O4/c21-7-11(23)19(29)25-13-5-6-14(26-20(30)12(24)8-22)16-15(13)17(27)9-3-1-2-4-10(9)18(16)28/h1-8H,(H,25,29)(H,26,30)/b11-7-,12-8+. The average molecular weight is 484 g/mol. The van der Waals surface area contributed by atoms with Crippen molar-refractivity contribution in [2.75, 3.05) is 10.6 Å². The molecule has 3 rings (SSSR count). The number of rotatable bonds is 4. The molecule has 0 radical (unpaired) electrons. The summed E-state index contributed by atoms with van der Waals surface area (Å²) in [5, 5.41) is 4.25. The van der Waals surface area contributed by atoms with E-state index in [1.165, 1.54) is 24.3 Å². The van der Waals surface area contributed by atoms with E-state index in [9.17, 15) is 19.2 Å². The molecule has 152 valence electrons. The van der Waals surface area contributed by atoms with Crippen molar-refractivity contribution in [3.63, 3.8) is 0 Å². The number of halogens is 4. The lowest BCUT2D eigenvalue weighted by atomic mass is 9.82. The van der Waals surface area contributed by atoms with Gasteiger partial charge < -0.3 is 10.6 Å². The number of carbonyl (C=O) groups is 4. The van der Waals surface area contributed by atoms with Gasteiger partial charge in [-0.25, -0.2) is 0 Å². The topological polar surface area (TPSA) is 92.3 Å². The lowest BCUT2D eigenvalue weighted by Crippen LogP contribution is -2.26. The van der Waals surface area contributed by atoms with E-state index in [4.69, 9.17) is 46.4 Å². The van der Waals surface area contributed by atoms with Gasteiger partial charge in [0.05, 0.1) is 22.5 Å². The molecule has 0 heterocycles. The molecular formula is C20H10Cl4N2O4. The second-order valence-electron chi connectivity index (χ2n) is 5.94. The van der Waals surface area contributed by atoms with Gasteiger partial charge in [-0.05, 0) is 12.1 Å². The summed E-state index contributed by atoms with van der Waals surface area (Å²) in [6.45, 7) is 0. The van der Waals surface area contributed by atoms with Gasteiger partial charge in [-0.3, -0.25) is 19.2 Å². The van der Waals surface area contributed by atoms with Crippen molar-refractivity contribution in [1.82, 2.24) is 0 Å². The fourth-order valence-electron chi connectivity index (χ4n) is 2.89. The Balaban J connectivity index is 2.20. The third-order valence-electron chi connectivity index (χ3n) is 4.20. The summed E-state index contributed by atoms with van der Waals surface area (Å²) in [6, 6.07) is 8.90. The number of anilines is 2. The lowest BCUT2D eigenvalue weighted by Gasteiger charge is -2.23. The third kappa shape index (κ3) is 4.00. The van der Waals surface area contributed by atoms with Crippen LogP contribution >= 0.6 is 46.4 Å². The molecule has 0 aromatic heterocycles. The molecule has 0 unspecified atom stereocenters. The average Bonchev–Trinajstić information content (AvgIpc) is 2.76.